The molecule has 3 heterocycles. The van der Waals surface area contributed by atoms with Gasteiger partial charge in [0, 0.05) is 44.4 Å². The minimum atomic E-state index is -0.735. The second kappa shape index (κ2) is 6.64. The first-order chi connectivity index (χ1) is 11.4. The van der Waals surface area contributed by atoms with Gasteiger partial charge in [0.05, 0.1) is 11.3 Å². The molecule has 7 nitrogen and oxygen atoms in total. The average Bonchev–Trinajstić information content (AvgIpc) is 3.06. The van der Waals surface area contributed by atoms with Crippen molar-refractivity contribution in [3.8, 4) is 0 Å². The molecule has 0 aliphatic carbocycles. The molecule has 1 fully saturated rings. The predicted octanol–water partition coefficient (Wildman–Crippen LogP) is 1.47. The van der Waals surface area contributed by atoms with E-state index in [-0.39, 0.29) is 0 Å². The van der Waals surface area contributed by atoms with Crippen LogP contribution >= 0.6 is 0 Å². The van der Waals surface area contributed by atoms with Gasteiger partial charge >= 0.3 is 0 Å². The monoisotopic (exact) mass is 332 g/mol. The van der Waals surface area contributed by atoms with Crippen LogP contribution in [0.5, 0.6) is 0 Å². The molecule has 0 saturated carbocycles. The molecular formula is C17H28N6O. The van der Waals surface area contributed by atoms with Crippen molar-refractivity contribution in [3.05, 3.63) is 29.6 Å². The van der Waals surface area contributed by atoms with Crippen LogP contribution in [0.25, 0.3) is 0 Å². The Morgan fingerprint density at radius 1 is 1.38 bits per heavy atom. The topological polar surface area (TPSA) is 72.0 Å². The Morgan fingerprint density at radius 2 is 2.17 bits per heavy atom. The van der Waals surface area contributed by atoms with Gasteiger partial charge in [-0.25, -0.2) is 0 Å². The highest BCUT2D eigenvalue weighted by atomic mass is 16.3. The molecule has 1 atom stereocenters. The molecule has 132 valence electrons. The lowest BCUT2D eigenvalue weighted by atomic mass is 9.89. The van der Waals surface area contributed by atoms with E-state index in [1.807, 2.05) is 16.3 Å². The van der Waals surface area contributed by atoms with Gasteiger partial charge in [-0.3, -0.25) is 9.58 Å². The summed E-state index contributed by atoms with van der Waals surface area (Å²) in [5.74, 6) is 0.836. The largest absolute Gasteiger partial charge is 0.388 e. The third-order valence-electron chi connectivity index (χ3n) is 4.87. The summed E-state index contributed by atoms with van der Waals surface area (Å²) < 4.78 is 3.90. The lowest BCUT2D eigenvalue weighted by Gasteiger charge is -2.39. The fraction of sp³-hybridized carbons (Fsp3) is 0.706. The second-order valence-electron chi connectivity index (χ2n) is 7.39. The van der Waals surface area contributed by atoms with E-state index in [1.54, 1.807) is 6.33 Å². The molecule has 0 spiro atoms. The number of β-amino-alcohol motifs (C(OH)–C–C–N with tert-alkyl or cyclic N) is 1. The third kappa shape index (κ3) is 3.67. The summed E-state index contributed by atoms with van der Waals surface area (Å²) in [5, 5.41) is 23.7. The number of hydrogen-bond acceptors (Lipinski definition) is 5. The van der Waals surface area contributed by atoms with Crippen LogP contribution in [-0.4, -0.2) is 53.2 Å². The van der Waals surface area contributed by atoms with Gasteiger partial charge in [0.15, 0.2) is 0 Å². The number of aromatic nitrogens is 5. The van der Waals surface area contributed by atoms with Crippen LogP contribution in [0.2, 0.25) is 0 Å². The van der Waals surface area contributed by atoms with E-state index in [1.165, 1.54) is 5.56 Å². The van der Waals surface area contributed by atoms with Crippen LogP contribution in [0.15, 0.2) is 12.5 Å². The molecule has 2 aromatic heterocycles. The highest BCUT2D eigenvalue weighted by Gasteiger charge is 2.35. The summed E-state index contributed by atoms with van der Waals surface area (Å²) in [5.41, 5.74) is 1.58. The third-order valence-corrected chi connectivity index (χ3v) is 4.87. The number of likely N-dealkylation sites (tertiary alicyclic amines) is 1. The first-order valence-corrected chi connectivity index (χ1v) is 8.68. The number of hydrogen-bond donors (Lipinski definition) is 1. The zero-order valence-electron chi connectivity index (χ0n) is 15.1. The fourth-order valence-corrected chi connectivity index (χ4v) is 3.43. The van der Waals surface area contributed by atoms with Crippen LogP contribution in [0.3, 0.4) is 0 Å². The summed E-state index contributed by atoms with van der Waals surface area (Å²) in [6, 6.07) is 0.367. The number of aryl methyl sites for hydroxylation is 2. The van der Waals surface area contributed by atoms with E-state index in [9.17, 15) is 5.11 Å². The lowest BCUT2D eigenvalue weighted by molar-refractivity contribution is -0.0345. The van der Waals surface area contributed by atoms with Gasteiger partial charge in [-0.15, -0.1) is 10.2 Å². The number of piperidine rings is 1. The summed E-state index contributed by atoms with van der Waals surface area (Å²) in [6.07, 6.45) is 6.16. The van der Waals surface area contributed by atoms with Crippen LogP contribution in [0, 0.1) is 6.92 Å². The highest BCUT2D eigenvalue weighted by molar-refractivity contribution is 5.16. The molecule has 1 N–H and O–H groups in total. The molecule has 3 rings (SSSR count). The first-order valence-electron chi connectivity index (χ1n) is 8.68. The lowest BCUT2D eigenvalue weighted by Crippen LogP contribution is -2.49. The second-order valence-corrected chi connectivity index (χ2v) is 7.39. The summed E-state index contributed by atoms with van der Waals surface area (Å²) in [6.45, 7) is 8.83. The molecule has 24 heavy (non-hydrogen) atoms. The van der Waals surface area contributed by atoms with Crippen LogP contribution < -0.4 is 0 Å². The van der Waals surface area contributed by atoms with Gasteiger partial charge < -0.3 is 9.67 Å². The molecule has 2 aromatic rings. The minimum absolute atomic E-state index is 0.367. The Labute approximate surface area is 143 Å². The smallest absolute Gasteiger partial charge is 0.135 e. The highest BCUT2D eigenvalue weighted by Crippen LogP contribution is 2.26. The Hall–Kier alpha value is -1.73. The Bertz CT molecular complexity index is 691. The predicted molar refractivity (Wildman–Crippen MR) is 91.5 cm³/mol. The van der Waals surface area contributed by atoms with E-state index >= 15 is 0 Å². The number of aliphatic hydroxyl groups is 1. The van der Waals surface area contributed by atoms with Gasteiger partial charge in [0.2, 0.25) is 0 Å². The van der Waals surface area contributed by atoms with Gasteiger partial charge in [-0.1, -0.05) is 0 Å². The average molecular weight is 332 g/mol. The van der Waals surface area contributed by atoms with E-state index < -0.39 is 5.60 Å². The molecule has 0 amide bonds. The van der Waals surface area contributed by atoms with E-state index in [0.29, 0.717) is 19.0 Å². The molecule has 0 aromatic carbocycles. The molecular weight excluding hydrogens is 304 g/mol. The van der Waals surface area contributed by atoms with Crippen LogP contribution in [0.1, 0.15) is 49.8 Å². The van der Waals surface area contributed by atoms with Crippen molar-refractivity contribution >= 4 is 0 Å². The van der Waals surface area contributed by atoms with Crippen molar-refractivity contribution in [1.29, 1.82) is 0 Å². The van der Waals surface area contributed by atoms with Gasteiger partial charge in [0.1, 0.15) is 12.2 Å². The fourth-order valence-electron chi connectivity index (χ4n) is 3.43. The van der Waals surface area contributed by atoms with Crippen molar-refractivity contribution < 1.29 is 5.11 Å². The summed E-state index contributed by atoms with van der Waals surface area (Å²) >= 11 is 0. The van der Waals surface area contributed by atoms with Crippen molar-refractivity contribution in [1.82, 2.24) is 29.4 Å². The zero-order chi connectivity index (χ0) is 17.3. The van der Waals surface area contributed by atoms with Crippen LogP contribution in [0.4, 0.5) is 0 Å². The molecule has 1 saturated heterocycles. The Kier molecular flexibility index (Phi) is 4.73. The maximum absolute atomic E-state index is 11.0. The van der Waals surface area contributed by atoms with Crippen molar-refractivity contribution in [2.24, 2.45) is 7.05 Å². The van der Waals surface area contributed by atoms with Gasteiger partial charge in [0.25, 0.3) is 0 Å². The van der Waals surface area contributed by atoms with Crippen molar-refractivity contribution in [2.45, 2.75) is 58.2 Å². The van der Waals surface area contributed by atoms with Crippen molar-refractivity contribution in [2.75, 3.05) is 13.1 Å². The summed E-state index contributed by atoms with van der Waals surface area (Å²) in [7, 11) is 1.92. The van der Waals surface area contributed by atoms with Gasteiger partial charge in [-0.05, 0) is 40.2 Å². The molecule has 7 heteroatoms. The van der Waals surface area contributed by atoms with Crippen molar-refractivity contribution in [3.63, 3.8) is 0 Å². The van der Waals surface area contributed by atoms with E-state index in [4.69, 9.17) is 0 Å². The normalized spacial score (nSPS) is 22.4. The number of nitrogens with zero attached hydrogens (tertiary/aromatic N) is 6. The maximum Gasteiger partial charge on any atom is 0.135 e. The Balaban J connectivity index is 1.68. The maximum atomic E-state index is 11.0. The Morgan fingerprint density at radius 3 is 2.79 bits per heavy atom. The first kappa shape index (κ1) is 17.1. The SMILES string of the molecule is Cc1nn(C(C)C)cc1CN1CCCC(O)(Cc2nncn2C)C1. The quantitative estimate of drug-likeness (QED) is 0.898. The van der Waals surface area contributed by atoms with E-state index in [2.05, 4.69) is 47.2 Å². The molecule has 0 bridgehead atoms. The molecule has 1 aliphatic rings. The van der Waals surface area contributed by atoms with Crippen LogP contribution in [-0.2, 0) is 20.0 Å². The molecule has 1 aliphatic heterocycles. The van der Waals surface area contributed by atoms with Gasteiger partial charge in [-0.2, -0.15) is 5.10 Å². The molecule has 0 radical (unpaired) electrons. The molecule has 1 unspecified atom stereocenters. The summed E-state index contributed by atoms with van der Waals surface area (Å²) in [4.78, 5) is 2.33. The number of rotatable bonds is 5. The zero-order valence-corrected chi connectivity index (χ0v) is 15.1. The minimum Gasteiger partial charge on any atom is -0.388 e. The van der Waals surface area contributed by atoms with E-state index in [0.717, 1.165) is 37.4 Å². The standard InChI is InChI=1S/C17H28N6O/c1-13(2)23-10-15(14(3)20-23)9-22-7-5-6-17(24,11-22)8-16-19-18-12-21(16)4/h10,12-13,24H,5-9,11H2,1-4H3.